The van der Waals surface area contributed by atoms with Gasteiger partial charge < -0.3 is 10.6 Å². The molecule has 3 nitrogen and oxygen atoms in total. The number of thiocarbonyl (C=S) groups is 1. The maximum Gasteiger partial charge on any atom is 0.196 e. The molecule has 0 amide bonds. The van der Waals surface area contributed by atoms with E-state index in [1.807, 2.05) is 30.3 Å². The first-order chi connectivity index (χ1) is 13.0. The minimum absolute atomic E-state index is 0.226. The van der Waals surface area contributed by atoms with Crippen LogP contribution in [0.25, 0.3) is 0 Å². The predicted octanol–water partition coefficient (Wildman–Crippen LogP) is 5.71. The van der Waals surface area contributed by atoms with Gasteiger partial charge >= 0.3 is 0 Å². The molecule has 0 atom stereocenters. The smallest absolute Gasteiger partial charge is 0.196 e. The van der Waals surface area contributed by atoms with Crippen molar-refractivity contribution < 1.29 is 4.79 Å². The van der Waals surface area contributed by atoms with Gasteiger partial charge in [-0.05, 0) is 48.1 Å². The third-order valence-electron chi connectivity index (χ3n) is 3.89. The Hall–Kier alpha value is -2.40. The molecule has 6 heteroatoms. The number of anilines is 1. The monoisotopic (exact) mass is 414 g/mol. The van der Waals surface area contributed by atoms with E-state index in [2.05, 4.69) is 10.6 Å². The van der Waals surface area contributed by atoms with E-state index >= 15 is 0 Å². The maximum atomic E-state index is 13.0. The summed E-state index contributed by atoms with van der Waals surface area (Å²) in [6.07, 6.45) is 0. The zero-order valence-corrected chi connectivity index (χ0v) is 16.5. The summed E-state index contributed by atoms with van der Waals surface area (Å²) in [5.41, 5.74) is 2.48. The Morgan fingerprint density at radius 2 is 1.59 bits per heavy atom. The summed E-state index contributed by atoms with van der Waals surface area (Å²) in [4.78, 5) is 13.0. The van der Waals surface area contributed by atoms with Crippen molar-refractivity contribution in [3.05, 3.63) is 99.5 Å². The highest BCUT2D eigenvalue weighted by molar-refractivity contribution is 7.80. The molecule has 0 fully saturated rings. The number of halogens is 2. The van der Waals surface area contributed by atoms with Gasteiger partial charge in [0.05, 0.1) is 10.7 Å². The second-order valence-corrected chi connectivity index (χ2v) is 7.04. The predicted molar refractivity (Wildman–Crippen MR) is 116 cm³/mol. The Kier molecular flexibility index (Phi) is 6.45. The first-order valence-electron chi connectivity index (χ1n) is 8.22. The molecule has 0 saturated carbocycles. The van der Waals surface area contributed by atoms with E-state index in [9.17, 15) is 4.79 Å². The summed E-state index contributed by atoms with van der Waals surface area (Å²) < 4.78 is 0. The van der Waals surface area contributed by atoms with Crippen LogP contribution in [0.1, 0.15) is 21.5 Å². The molecule has 0 aliphatic carbocycles. The molecule has 3 aromatic carbocycles. The lowest BCUT2D eigenvalue weighted by atomic mass is 10.0. The number of carbonyl (C=O) groups excluding carboxylic acids is 1. The van der Waals surface area contributed by atoms with Gasteiger partial charge in [0.15, 0.2) is 10.9 Å². The zero-order chi connectivity index (χ0) is 19.2. The van der Waals surface area contributed by atoms with Gasteiger partial charge in [0.2, 0.25) is 0 Å². The van der Waals surface area contributed by atoms with Crippen LogP contribution in [-0.2, 0) is 6.54 Å². The fourth-order valence-corrected chi connectivity index (χ4v) is 3.12. The molecule has 0 heterocycles. The number of hydrogen-bond donors (Lipinski definition) is 2. The molecule has 0 spiro atoms. The van der Waals surface area contributed by atoms with E-state index in [0.29, 0.717) is 38.5 Å². The summed E-state index contributed by atoms with van der Waals surface area (Å²) in [5, 5.41) is 7.46. The van der Waals surface area contributed by atoms with Gasteiger partial charge in [-0.1, -0.05) is 65.7 Å². The lowest BCUT2D eigenvalue weighted by Gasteiger charge is -2.14. The molecular weight excluding hydrogens is 399 g/mol. The second-order valence-electron chi connectivity index (χ2n) is 5.79. The summed E-state index contributed by atoms with van der Waals surface area (Å²) in [5.74, 6) is -0.226. The fourth-order valence-electron chi connectivity index (χ4n) is 2.55. The second kappa shape index (κ2) is 9.00. The number of ketones is 1. The first kappa shape index (κ1) is 19.4. The molecule has 2 N–H and O–H groups in total. The van der Waals surface area contributed by atoms with Crippen molar-refractivity contribution >= 4 is 52.0 Å². The van der Waals surface area contributed by atoms with Crippen LogP contribution < -0.4 is 10.6 Å². The van der Waals surface area contributed by atoms with E-state index in [1.54, 1.807) is 42.5 Å². The summed E-state index contributed by atoms with van der Waals surface area (Å²) in [7, 11) is 0. The minimum Gasteiger partial charge on any atom is -0.358 e. The van der Waals surface area contributed by atoms with Crippen LogP contribution in [0.4, 0.5) is 5.69 Å². The van der Waals surface area contributed by atoms with Gasteiger partial charge in [0, 0.05) is 22.7 Å². The Balaban J connectivity index is 1.79. The van der Waals surface area contributed by atoms with E-state index < -0.39 is 0 Å². The minimum atomic E-state index is -0.226. The van der Waals surface area contributed by atoms with Gasteiger partial charge in [0.25, 0.3) is 0 Å². The van der Waals surface area contributed by atoms with E-state index in [1.165, 1.54) is 0 Å². The van der Waals surface area contributed by atoms with Crippen molar-refractivity contribution in [1.82, 2.24) is 5.32 Å². The van der Waals surface area contributed by atoms with E-state index in [0.717, 1.165) is 5.56 Å². The van der Waals surface area contributed by atoms with Crippen LogP contribution in [0.2, 0.25) is 10.0 Å². The van der Waals surface area contributed by atoms with Crippen LogP contribution in [0.15, 0.2) is 72.8 Å². The van der Waals surface area contributed by atoms with Gasteiger partial charge in [-0.25, -0.2) is 0 Å². The van der Waals surface area contributed by atoms with Crippen LogP contribution in [0, 0.1) is 0 Å². The SMILES string of the molecule is O=C(c1ccccc1Cl)c1cc(Cl)ccc1NC(=S)NCc1ccccc1. The third-order valence-corrected chi connectivity index (χ3v) is 4.70. The molecule has 136 valence electrons. The van der Waals surface area contributed by atoms with Crippen molar-refractivity contribution in [1.29, 1.82) is 0 Å². The summed E-state index contributed by atoms with van der Waals surface area (Å²) >= 11 is 17.6. The molecule has 0 bridgehead atoms. The normalized spacial score (nSPS) is 10.3. The zero-order valence-electron chi connectivity index (χ0n) is 14.2. The van der Waals surface area contributed by atoms with Gasteiger partial charge in [-0.15, -0.1) is 0 Å². The first-order valence-corrected chi connectivity index (χ1v) is 9.38. The lowest BCUT2D eigenvalue weighted by molar-refractivity contribution is 0.103. The lowest BCUT2D eigenvalue weighted by Crippen LogP contribution is -2.28. The Labute approximate surface area is 173 Å². The molecule has 0 unspecified atom stereocenters. The van der Waals surface area contributed by atoms with Crippen LogP contribution in [-0.4, -0.2) is 10.9 Å². The average molecular weight is 415 g/mol. The van der Waals surface area contributed by atoms with Crippen molar-refractivity contribution in [3.63, 3.8) is 0 Å². The quantitative estimate of drug-likeness (QED) is 0.414. The summed E-state index contributed by atoms with van der Waals surface area (Å²) in [6, 6.07) is 21.8. The molecule has 0 aromatic heterocycles. The Morgan fingerprint density at radius 1 is 0.889 bits per heavy atom. The Morgan fingerprint density at radius 3 is 2.33 bits per heavy atom. The van der Waals surface area contributed by atoms with Gasteiger partial charge in [-0.2, -0.15) is 0 Å². The van der Waals surface area contributed by atoms with Gasteiger partial charge in [0.1, 0.15) is 0 Å². The summed E-state index contributed by atoms with van der Waals surface area (Å²) in [6.45, 7) is 0.577. The van der Waals surface area contributed by atoms with Crippen molar-refractivity contribution in [2.24, 2.45) is 0 Å². The highest BCUT2D eigenvalue weighted by Crippen LogP contribution is 2.26. The highest BCUT2D eigenvalue weighted by Gasteiger charge is 2.17. The molecule has 27 heavy (non-hydrogen) atoms. The largest absolute Gasteiger partial charge is 0.358 e. The molecule has 0 radical (unpaired) electrons. The highest BCUT2D eigenvalue weighted by atomic mass is 35.5. The maximum absolute atomic E-state index is 13.0. The van der Waals surface area contributed by atoms with Crippen LogP contribution in [0.5, 0.6) is 0 Å². The Bertz CT molecular complexity index is 977. The van der Waals surface area contributed by atoms with Crippen LogP contribution >= 0.6 is 35.4 Å². The molecular formula is C21H16Cl2N2OS. The van der Waals surface area contributed by atoms with Gasteiger partial charge in [-0.3, -0.25) is 4.79 Å². The topological polar surface area (TPSA) is 41.1 Å². The van der Waals surface area contributed by atoms with Crippen LogP contribution in [0.3, 0.4) is 0 Å². The standard InChI is InChI=1S/C21H16Cl2N2OS/c22-15-10-11-19(25-21(27)24-13-14-6-2-1-3-7-14)17(12-15)20(26)16-8-4-5-9-18(16)23/h1-12H,13H2,(H2,24,25,27). The van der Waals surface area contributed by atoms with E-state index in [-0.39, 0.29) is 5.78 Å². The third kappa shape index (κ3) is 5.07. The number of carbonyl (C=O) groups is 1. The molecule has 0 aliphatic heterocycles. The molecule has 3 aromatic rings. The number of nitrogens with one attached hydrogen (secondary N) is 2. The average Bonchev–Trinajstić information content (AvgIpc) is 2.68. The molecule has 0 saturated heterocycles. The number of rotatable bonds is 5. The van der Waals surface area contributed by atoms with Crippen molar-refractivity contribution in [2.75, 3.05) is 5.32 Å². The molecule has 3 rings (SSSR count). The molecule has 0 aliphatic rings. The number of hydrogen-bond acceptors (Lipinski definition) is 2. The fraction of sp³-hybridized carbons (Fsp3) is 0.0476. The number of benzene rings is 3. The van der Waals surface area contributed by atoms with Crippen molar-refractivity contribution in [2.45, 2.75) is 6.54 Å². The van der Waals surface area contributed by atoms with Crippen molar-refractivity contribution in [3.8, 4) is 0 Å². The van der Waals surface area contributed by atoms with E-state index in [4.69, 9.17) is 35.4 Å².